The lowest BCUT2D eigenvalue weighted by Crippen LogP contribution is -2.21. The Labute approximate surface area is 200 Å². The average molecular weight is 531 g/mol. The fourth-order valence-corrected chi connectivity index (χ4v) is 4.70. The van der Waals surface area contributed by atoms with Gasteiger partial charge in [0.2, 0.25) is 0 Å². The van der Waals surface area contributed by atoms with Crippen LogP contribution in [0.15, 0.2) is 53.6 Å². The summed E-state index contributed by atoms with van der Waals surface area (Å²) in [5.41, 5.74) is 0.0520. The second-order valence-electron chi connectivity index (χ2n) is 6.14. The summed E-state index contributed by atoms with van der Waals surface area (Å²) in [6.07, 6.45) is 0.972. The van der Waals surface area contributed by atoms with Gasteiger partial charge in [-0.1, -0.05) is 23.2 Å². The molecule has 0 aliphatic heterocycles. The number of carbonyl (C=O) groups is 2. The summed E-state index contributed by atoms with van der Waals surface area (Å²) in [5, 5.41) is 12.8. The van der Waals surface area contributed by atoms with Crippen molar-refractivity contribution in [3.63, 3.8) is 0 Å². The quantitative estimate of drug-likeness (QED) is 0.251. The van der Waals surface area contributed by atoms with Crippen molar-refractivity contribution in [1.29, 1.82) is 0 Å². The van der Waals surface area contributed by atoms with Crippen molar-refractivity contribution in [2.75, 3.05) is 16.6 Å². The number of benzene rings is 2. The Morgan fingerprint density at radius 2 is 1.85 bits per heavy atom. The first kappa shape index (κ1) is 24.4. The molecule has 0 saturated carbocycles. The number of thiazole rings is 1. The zero-order valence-electron chi connectivity index (χ0n) is 16.2. The van der Waals surface area contributed by atoms with E-state index in [1.165, 1.54) is 36.4 Å². The van der Waals surface area contributed by atoms with Crippen molar-refractivity contribution in [3.8, 4) is 0 Å². The molecule has 0 spiro atoms. The van der Waals surface area contributed by atoms with Crippen LogP contribution in [0, 0.1) is 10.1 Å². The first-order chi connectivity index (χ1) is 15.5. The molecule has 0 unspecified atom stereocenters. The SMILES string of the molecule is O=C(COC(=O)c1ccc(Cl)c(S(=O)(=O)Nc2ccc(Cl)cc2)c1)Nc1ncc([N+](=O)[O-])s1. The van der Waals surface area contributed by atoms with Crippen molar-refractivity contribution in [3.05, 3.63) is 74.4 Å². The number of nitro groups is 1. The molecule has 33 heavy (non-hydrogen) atoms. The third-order valence-electron chi connectivity index (χ3n) is 3.81. The number of rotatable bonds is 8. The summed E-state index contributed by atoms with van der Waals surface area (Å²) in [4.78, 5) is 37.5. The molecule has 2 aromatic carbocycles. The molecule has 1 heterocycles. The van der Waals surface area contributed by atoms with Crippen LogP contribution < -0.4 is 10.0 Å². The van der Waals surface area contributed by atoms with E-state index in [9.17, 15) is 28.1 Å². The Balaban J connectivity index is 1.67. The lowest BCUT2D eigenvalue weighted by molar-refractivity contribution is -0.380. The topological polar surface area (TPSA) is 158 Å². The normalized spacial score (nSPS) is 11.0. The number of anilines is 2. The largest absolute Gasteiger partial charge is 0.452 e. The molecule has 0 saturated heterocycles. The highest BCUT2D eigenvalue weighted by Gasteiger charge is 2.22. The van der Waals surface area contributed by atoms with Gasteiger partial charge in [0.15, 0.2) is 11.7 Å². The second-order valence-corrected chi connectivity index (χ2v) is 9.65. The molecule has 0 fully saturated rings. The van der Waals surface area contributed by atoms with E-state index in [1.54, 1.807) is 0 Å². The monoisotopic (exact) mass is 530 g/mol. The number of hydrogen-bond acceptors (Lipinski definition) is 9. The lowest BCUT2D eigenvalue weighted by Gasteiger charge is -2.11. The third kappa shape index (κ3) is 6.38. The van der Waals surface area contributed by atoms with Gasteiger partial charge in [-0.05, 0) is 53.8 Å². The summed E-state index contributed by atoms with van der Waals surface area (Å²) in [6.45, 7) is -0.736. The number of ether oxygens (including phenoxy) is 1. The Kier molecular flexibility index (Phi) is 7.48. The van der Waals surface area contributed by atoms with Gasteiger partial charge in [-0.2, -0.15) is 0 Å². The van der Waals surface area contributed by atoms with E-state index >= 15 is 0 Å². The molecule has 1 aromatic heterocycles. The first-order valence-corrected chi connectivity index (χ1v) is 11.8. The Hall–Kier alpha value is -3.26. The second kappa shape index (κ2) is 10.1. The van der Waals surface area contributed by atoms with E-state index in [-0.39, 0.29) is 31.3 Å². The number of aromatic nitrogens is 1. The van der Waals surface area contributed by atoms with Crippen LogP contribution in [0.25, 0.3) is 0 Å². The molecule has 2 N–H and O–H groups in total. The average Bonchev–Trinajstić information content (AvgIpc) is 3.22. The molecule has 0 radical (unpaired) electrons. The van der Waals surface area contributed by atoms with Gasteiger partial charge in [-0.3, -0.25) is 24.9 Å². The molecule has 1 amide bonds. The standard InChI is InChI=1S/C18H12Cl2N4O7S2/c19-11-2-4-12(5-3-11)23-33(29,30)14-7-10(1-6-13(14)20)17(26)31-9-15(25)22-18-21-8-16(32-18)24(27)28/h1-8,23H,9H2,(H,21,22,25). The lowest BCUT2D eigenvalue weighted by atomic mass is 10.2. The molecule has 15 heteroatoms. The van der Waals surface area contributed by atoms with Crippen molar-refractivity contribution >= 4 is 72.3 Å². The third-order valence-corrected chi connectivity index (χ3v) is 6.79. The van der Waals surface area contributed by atoms with Crippen LogP contribution in [0.2, 0.25) is 10.0 Å². The van der Waals surface area contributed by atoms with Gasteiger partial charge in [0.05, 0.1) is 15.5 Å². The predicted molar refractivity (Wildman–Crippen MR) is 121 cm³/mol. The van der Waals surface area contributed by atoms with Crippen molar-refractivity contribution in [1.82, 2.24) is 4.98 Å². The van der Waals surface area contributed by atoms with E-state index < -0.39 is 33.4 Å². The highest BCUT2D eigenvalue weighted by molar-refractivity contribution is 7.92. The van der Waals surface area contributed by atoms with Crippen LogP contribution in [0.5, 0.6) is 0 Å². The first-order valence-electron chi connectivity index (χ1n) is 8.70. The van der Waals surface area contributed by atoms with Crippen molar-refractivity contribution in [2.24, 2.45) is 0 Å². The van der Waals surface area contributed by atoms with Crippen LogP contribution in [-0.2, 0) is 19.6 Å². The number of hydrogen-bond donors (Lipinski definition) is 2. The number of esters is 1. The maximum atomic E-state index is 12.7. The highest BCUT2D eigenvalue weighted by atomic mass is 35.5. The zero-order valence-corrected chi connectivity index (χ0v) is 19.3. The molecule has 3 aromatic rings. The molecule has 0 atom stereocenters. The van der Waals surface area contributed by atoms with Crippen LogP contribution in [0.4, 0.5) is 15.8 Å². The number of carbonyl (C=O) groups excluding carboxylic acids is 2. The van der Waals surface area contributed by atoms with E-state index in [0.717, 1.165) is 12.3 Å². The van der Waals surface area contributed by atoms with Gasteiger partial charge in [0.1, 0.15) is 11.1 Å². The maximum Gasteiger partial charge on any atom is 0.345 e. The molecule has 0 aliphatic carbocycles. The number of amides is 1. The van der Waals surface area contributed by atoms with E-state index in [4.69, 9.17) is 27.9 Å². The minimum atomic E-state index is -4.16. The maximum absolute atomic E-state index is 12.7. The number of nitrogens with zero attached hydrogens (tertiary/aromatic N) is 2. The Bertz CT molecular complexity index is 1330. The van der Waals surface area contributed by atoms with Crippen LogP contribution in [-0.4, -0.2) is 36.8 Å². The molecule has 172 valence electrons. The molecule has 0 bridgehead atoms. The fourth-order valence-electron chi connectivity index (χ4n) is 2.34. The summed E-state index contributed by atoms with van der Waals surface area (Å²) in [6, 6.07) is 9.30. The van der Waals surface area contributed by atoms with Crippen LogP contribution >= 0.6 is 34.5 Å². The molecule has 0 aliphatic rings. The van der Waals surface area contributed by atoms with Gasteiger partial charge >= 0.3 is 11.0 Å². The van der Waals surface area contributed by atoms with Crippen LogP contribution in [0.3, 0.4) is 0 Å². The highest BCUT2D eigenvalue weighted by Crippen LogP contribution is 2.27. The predicted octanol–water partition coefficient (Wildman–Crippen LogP) is 3.95. The summed E-state index contributed by atoms with van der Waals surface area (Å²) in [7, 11) is -4.16. The smallest absolute Gasteiger partial charge is 0.345 e. The van der Waals surface area contributed by atoms with Crippen molar-refractivity contribution < 1.29 is 27.7 Å². The van der Waals surface area contributed by atoms with Crippen LogP contribution in [0.1, 0.15) is 10.4 Å². The Morgan fingerprint density at radius 3 is 2.48 bits per heavy atom. The van der Waals surface area contributed by atoms with E-state index in [0.29, 0.717) is 16.4 Å². The summed E-state index contributed by atoms with van der Waals surface area (Å²) in [5.74, 6) is -1.78. The number of halogens is 2. The molecular formula is C18H12Cl2N4O7S2. The van der Waals surface area contributed by atoms with Gasteiger partial charge in [-0.25, -0.2) is 18.2 Å². The Morgan fingerprint density at radius 1 is 1.15 bits per heavy atom. The van der Waals surface area contributed by atoms with Gasteiger partial charge in [-0.15, -0.1) is 0 Å². The minimum absolute atomic E-state index is 0.0455. The summed E-state index contributed by atoms with van der Waals surface area (Å²) < 4.78 is 32.6. The molecular weight excluding hydrogens is 519 g/mol. The van der Waals surface area contributed by atoms with Gasteiger partial charge in [0, 0.05) is 10.7 Å². The van der Waals surface area contributed by atoms with E-state index in [2.05, 4.69) is 15.0 Å². The van der Waals surface area contributed by atoms with Crippen molar-refractivity contribution in [2.45, 2.75) is 4.90 Å². The van der Waals surface area contributed by atoms with E-state index in [1.807, 2.05) is 0 Å². The van der Waals surface area contributed by atoms with Gasteiger partial charge in [0.25, 0.3) is 15.9 Å². The minimum Gasteiger partial charge on any atom is -0.452 e. The number of sulfonamides is 1. The molecule has 3 rings (SSSR count). The van der Waals surface area contributed by atoms with Gasteiger partial charge < -0.3 is 4.74 Å². The summed E-state index contributed by atoms with van der Waals surface area (Å²) >= 11 is 12.4. The zero-order chi connectivity index (χ0) is 24.2. The molecule has 11 nitrogen and oxygen atoms in total. The number of nitrogens with one attached hydrogen (secondary N) is 2. The fraction of sp³-hybridized carbons (Fsp3) is 0.0556.